The molecule has 0 amide bonds. The number of piperidine rings is 1. The summed E-state index contributed by atoms with van der Waals surface area (Å²) in [6.07, 6.45) is 3.24. The van der Waals surface area contributed by atoms with E-state index in [-0.39, 0.29) is 5.82 Å². The third-order valence-electron chi connectivity index (χ3n) is 3.82. The summed E-state index contributed by atoms with van der Waals surface area (Å²) in [6.45, 7) is 3.97. The summed E-state index contributed by atoms with van der Waals surface area (Å²) in [5.74, 6) is 1.36. The predicted molar refractivity (Wildman–Crippen MR) is 79.7 cm³/mol. The number of hydrogen-bond acceptors (Lipinski definition) is 4. The Hall–Kier alpha value is -1.49. The molecule has 1 aromatic heterocycles. The number of hydrogen-bond donors (Lipinski definition) is 0. The fourth-order valence-corrected chi connectivity index (χ4v) is 3.47. The lowest BCUT2D eigenvalue weighted by Gasteiger charge is -2.31. The molecule has 1 aromatic carbocycles. The topological polar surface area (TPSA) is 29.0 Å². The van der Waals surface area contributed by atoms with Gasteiger partial charge in [-0.15, -0.1) is 0 Å². The van der Waals surface area contributed by atoms with Crippen molar-refractivity contribution < 1.29 is 4.39 Å². The number of aryl methyl sites for hydroxylation is 1. The van der Waals surface area contributed by atoms with E-state index in [4.69, 9.17) is 0 Å². The van der Waals surface area contributed by atoms with Crippen LogP contribution in [-0.2, 0) is 6.42 Å². The summed E-state index contributed by atoms with van der Waals surface area (Å²) in [5, 5.41) is 1.03. The number of benzene rings is 1. The van der Waals surface area contributed by atoms with Crippen LogP contribution in [0.15, 0.2) is 24.3 Å². The number of halogens is 1. The zero-order chi connectivity index (χ0) is 13.9. The van der Waals surface area contributed by atoms with E-state index in [2.05, 4.69) is 14.3 Å². The minimum Gasteiger partial charge on any atom is -0.347 e. The largest absolute Gasteiger partial charge is 0.347 e. The molecule has 1 aliphatic heterocycles. The number of nitrogens with zero attached hydrogens (tertiary/aromatic N) is 3. The Kier molecular flexibility index (Phi) is 3.96. The van der Waals surface area contributed by atoms with Crippen LogP contribution in [0.4, 0.5) is 9.52 Å². The molecular weight excluding hydrogens is 273 g/mol. The maximum Gasteiger partial charge on any atom is 0.205 e. The molecule has 1 saturated heterocycles. The third kappa shape index (κ3) is 3.15. The molecule has 3 rings (SSSR count). The van der Waals surface area contributed by atoms with Gasteiger partial charge < -0.3 is 4.90 Å². The summed E-state index contributed by atoms with van der Waals surface area (Å²) < 4.78 is 17.4. The van der Waals surface area contributed by atoms with Crippen molar-refractivity contribution in [2.24, 2.45) is 5.92 Å². The number of anilines is 1. The lowest BCUT2D eigenvalue weighted by atomic mass is 9.90. The van der Waals surface area contributed by atoms with Crippen molar-refractivity contribution in [3.8, 4) is 0 Å². The zero-order valence-corrected chi connectivity index (χ0v) is 12.4. The van der Waals surface area contributed by atoms with Crippen LogP contribution in [0.1, 0.15) is 24.2 Å². The van der Waals surface area contributed by atoms with Gasteiger partial charge in [0.15, 0.2) is 0 Å². The Balaban J connectivity index is 1.56. The fraction of sp³-hybridized carbons (Fsp3) is 0.467. The fourth-order valence-electron chi connectivity index (χ4n) is 2.74. The van der Waals surface area contributed by atoms with Crippen molar-refractivity contribution in [3.63, 3.8) is 0 Å². The summed E-state index contributed by atoms with van der Waals surface area (Å²) >= 11 is 1.48. The normalized spacial score (nSPS) is 16.6. The summed E-state index contributed by atoms with van der Waals surface area (Å²) in [7, 11) is 0. The molecule has 1 fully saturated rings. The SMILES string of the molecule is Cc1nsc(N2CCC(Cc3cccc(F)c3)CC2)n1. The first-order chi connectivity index (χ1) is 9.70. The van der Waals surface area contributed by atoms with Gasteiger partial charge in [0.05, 0.1) is 0 Å². The van der Waals surface area contributed by atoms with Crippen molar-refractivity contribution in [1.82, 2.24) is 9.36 Å². The van der Waals surface area contributed by atoms with Crippen LogP contribution >= 0.6 is 11.5 Å². The second kappa shape index (κ2) is 5.87. The monoisotopic (exact) mass is 291 g/mol. The van der Waals surface area contributed by atoms with Crippen molar-refractivity contribution in [2.75, 3.05) is 18.0 Å². The van der Waals surface area contributed by atoms with Gasteiger partial charge in [0.1, 0.15) is 11.6 Å². The van der Waals surface area contributed by atoms with Gasteiger partial charge in [-0.05, 0) is 49.8 Å². The predicted octanol–water partition coefficient (Wildman–Crippen LogP) is 3.44. The van der Waals surface area contributed by atoms with Crippen molar-refractivity contribution in [3.05, 3.63) is 41.5 Å². The highest BCUT2D eigenvalue weighted by molar-refractivity contribution is 7.09. The van der Waals surface area contributed by atoms with Gasteiger partial charge in [-0.3, -0.25) is 0 Å². The molecule has 0 spiro atoms. The van der Waals surface area contributed by atoms with Gasteiger partial charge >= 0.3 is 0 Å². The molecule has 20 heavy (non-hydrogen) atoms. The van der Waals surface area contributed by atoms with Crippen LogP contribution in [0.5, 0.6) is 0 Å². The lowest BCUT2D eigenvalue weighted by Crippen LogP contribution is -2.34. The first-order valence-corrected chi connectivity index (χ1v) is 7.78. The van der Waals surface area contributed by atoms with Crippen molar-refractivity contribution in [2.45, 2.75) is 26.2 Å². The van der Waals surface area contributed by atoms with E-state index < -0.39 is 0 Å². The van der Waals surface area contributed by atoms with E-state index in [0.29, 0.717) is 5.92 Å². The quantitative estimate of drug-likeness (QED) is 0.867. The minimum atomic E-state index is -0.135. The summed E-state index contributed by atoms with van der Waals surface area (Å²) in [6, 6.07) is 6.97. The second-order valence-electron chi connectivity index (χ2n) is 5.39. The molecule has 0 radical (unpaired) electrons. The van der Waals surface area contributed by atoms with Crippen LogP contribution < -0.4 is 4.90 Å². The van der Waals surface area contributed by atoms with Crippen LogP contribution in [0.2, 0.25) is 0 Å². The molecule has 2 aromatic rings. The smallest absolute Gasteiger partial charge is 0.205 e. The molecule has 0 N–H and O–H groups in total. The van der Waals surface area contributed by atoms with E-state index in [1.807, 2.05) is 13.0 Å². The van der Waals surface area contributed by atoms with Gasteiger partial charge in [-0.2, -0.15) is 4.37 Å². The van der Waals surface area contributed by atoms with E-state index in [1.54, 1.807) is 12.1 Å². The van der Waals surface area contributed by atoms with Gasteiger partial charge in [0, 0.05) is 24.6 Å². The molecule has 106 valence electrons. The van der Waals surface area contributed by atoms with E-state index in [9.17, 15) is 4.39 Å². The summed E-state index contributed by atoms with van der Waals surface area (Å²) in [5.41, 5.74) is 1.11. The Morgan fingerprint density at radius 1 is 1.35 bits per heavy atom. The number of rotatable bonds is 3. The zero-order valence-electron chi connectivity index (χ0n) is 11.6. The maximum absolute atomic E-state index is 13.2. The van der Waals surface area contributed by atoms with E-state index >= 15 is 0 Å². The van der Waals surface area contributed by atoms with Crippen LogP contribution in [0, 0.1) is 18.7 Å². The molecule has 3 nitrogen and oxygen atoms in total. The van der Waals surface area contributed by atoms with Gasteiger partial charge in [-0.25, -0.2) is 9.37 Å². The average molecular weight is 291 g/mol. The van der Waals surface area contributed by atoms with Gasteiger partial charge in [0.25, 0.3) is 0 Å². The van der Waals surface area contributed by atoms with Gasteiger partial charge in [-0.1, -0.05) is 12.1 Å². The van der Waals surface area contributed by atoms with Crippen LogP contribution in [0.3, 0.4) is 0 Å². The molecule has 0 bridgehead atoms. The van der Waals surface area contributed by atoms with Crippen LogP contribution in [-0.4, -0.2) is 22.4 Å². The van der Waals surface area contributed by atoms with E-state index in [0.717, 1.165) is 48.9 Å². The molecule has 1 aliphatic rings. The molecule has 0 unspecified atom stereocenters. The molecule has 0 atom stereocenters. The lowest BCUT2D eigenvalue weighted by molar-refractivity contribution is 0.403. The number of aromatic nitrogens is 2. The highest BCUT2D eigenvalue weighted by Gasteiger charge is 2.21. The first-order valence-electron chi connectivity index (χ1n) is 7.00. The maximum atomic E-state index is 13.2. The molecule has 0 aliphatic carbocycles. The summed E-state index contributed by atoms with van der Waals surface area (Å²) in [4.78, 5) is 6.75. The van der Waals surface area contributed by atoms with E-state index in [1.165, 1.54) is 17.6 Å². The Labute approximate surface area is 122 Å². The standard InChI is InChI=1S/C15H18FN3S/c1-11-17-15(20-18-11)19-7-5-12(6-8-19)9-13-3-2-4-14(16)10-13/h2-4,10,12H,5-9H2,1H3. The third-order valence-corrected chi connectivity index (χ3v) is 4.68. The molecule has 2 heterocycles. The molecule has 0 saturated carbocycles. The molecule has 5 heteroatoms. The highest BCUT2D eigenvalue weighted by Crippen LogP contribution is 2.26. The Bertz CT molecular complexity index is 576. The Morgan fingerprint density at radius 3 is 2.80 bits per heavy atom. The first kappa shape index (κ1) is 13.5. The Morgan fingerprint density at radius 2 is 2.15 bits per heavy atom. The molecular formula is C15H18FN3S. The van der Waals surface area contributed by atoms with Gasteiger partial charge in [0.2, 0.25) is 5.13 Å². The van der Waals surface area contributed by atoms with Crippen molar-refractivity contribution >= 4 is 16.7 Å². The second-order valence-corrected chi connectivity index (χ2v) is 6.12. The van der Waals surface area contributed by atoms with Crippen LogP contribution in [0.25, 0.3) is 0 Å². The minimum absolute atomic E-state index is 0.135. The van der Waals surface area contributed by atoms with Crippen molar-refractivity contribution in [1.29, 1.82) is 0 Å². The highest BCUT2D eigenvalue weighted by atomic mass is 32.1. The average Bonchev–Trinajstić information content (AvgIpc) is 2.86.